The zero-order valence-electron chi connectivity index (χ0n) is 24.3. The van der Waals surface area contributed by atoms with Crippen LogP contribution in [0.2, 0.25) is 0 Å². The van der Waals surface area contributed by atoms with Crippen molar-refractivity contribution in [3.8, 4) is 16.9 Å². The number of ether oxygens (including phenoxy) is 2. The van der Waals surface area contributed by atoms with Crippen LogP contribution in [0.5, 0.6) is 5.75 Å². The Hall–Kier alpha value is -4.57. The summed E-state index contributed by atoms with van der Waals surface area (Å²) in [5, 5.41) is 67.2. The number of aliphatic carboxylic acids is 1. The highest BCUT2D eigenvalue weighted by atomic mass is 16.6. The molecule has 0 spiro atoms. The van der Waals surface area contributed by atoms with Crippen molar-refractivity contribution in [2.75, 3.05) is 13.2 Å². The fourth-order valence-electron chi connectivity index (χ4n) is 6.48. The number of carboxylic acid groups (broad SMARTS) is 1. The number of aliphatic hydroxyl groups excluding tert-OH is 2. The Morgan fingerprint density at radius 2 is 1.54 bits per heavy atom. The molecule has 242 valence electrons. The van der Waals surface area contributed by atoms with E-state index in [4.69, 9.17) is 9.47 Å². The zero-order chi connectivity index (χ0) is 32.7. The van der Waals surface area contributed by atoms with Gasteiger partial charge in [-0.05, 0) is 39.9 Å². The van der Waals surface area contributed by atoms with Gasteiger partial charge in [-0.2, -0.15) is 5.06 Å². The first kappa shape index (κ1) is 31.4. The first-order chi connectivity index (χ1) is 22.0. The van der Waals surface area contributed by atoms with Gasteiger partial charge < -0.3 is 50.8 Å². The van der Waals surface area contributed by atoms with E-state index in [-0.39, 0.29) is 29.8 Å². The number of hydrogen-bond donors (Lipinski definition) is 8. The summed E-state index contributed by atoms with van der Waals surface area (Å²) in [6, 6.07) is 16.0. The van der Waals surface area contributed by atoms with Gasteiger partial charge in [-0.3, -0.25) is 4.79 Å². The van der Waals surface area contributed by atoms with Gasteiger partial charge in [0.2, 0.25) is 5.91 Å². The number of nitrogens with zero attached hydrogens (tertiary/aromatic N) is 1. The van der Waals surface area contributed by atoms with Crippen LogP contribution in [0.3, 0.4) is 0 Å². The van der Waals surface area contributed by atoms with E-state index >= 15 is 0 Å². The third-order valence-corrected chi connectivity index (χ3v) is 8.90. The van der Waals surface area contributed by atoms with Gasteiger partial charge in [0, 0.05) is 12.3 Å². The predicted molar refractivity (Wildman–Crippen MR) is 157 cm³/mol. The molecule has 0 saturated carbocycles. The molecule has 2 amide bonds. The van der Waals surface area contributed by atoms with E-state index in [1.807, 2.05) is 48.5 Å². The minimum atomic E-state index is -2.31. The average Bonchev–Trinajstić information content (AvgIpc) is 3.50. The second-order valence-electron chi connectivity index (χ2n) is 11.7. The monoisotopic (exact) mass is 635 g/mol. The van der Waals surface area contributed by atoms with E-state index in [0.29, 0.717) is 5.56 Å². The standard InChI is InChI=1S/C32H33N3O11/c36-17-11-9-16(10-12-17)13-23(28(39)34-24(30(40)41)25-26(37)32(43)15-46-29(27(32)38)35(25)44)33-31(42)45-14-22-20-7-3-1-5-18(20)19-6-2-4-8-21(19)22/h1-12,22-27,29,36-38,43-44H,13-15H2,(H,33,42)(H,34,39)(H,40,41)/t23-,24?,25-,26-,27-,29-,32+/m0/s1. The molecule has 1 unspecified atom stereocenters. The number of carboxylic acids is 1. The van der Waals surface area contributed by atoms with Gasteiger partial charge in [0.15, 0.2) is 6.23 Å². The maximum atomic E-state index is 13.6. The molecule has 2 aliphatic heterocycles. The summed E-state index contributed by atoms with van der Waals surface area (Å²) >= 11 is 0. The van der Waals surface area contributed by atoms with Crippen molar-refractivity contribution in [1.82, 2.24) is 15.7 Å². The van der Waals surface area contributed by atoms with Crippen LogP contribution in [-0.4, -0.2) is 109 Å². The van der Waals surface area contributed by atoms with Crippen molar-refractivity contribution >= 4 is 18.0 Å². The van der Waals surface area contributed by atoms with Gasteiger partial charge in [0.25, 0.3) is 0 Å². The number of rotatable bonds is 9. The number of piperidine rings is 1. The summed E-state index contributed by atoms with van der Waals surface area (Å²) in [4.78, 5) is 39.1. The SMILES string of the molecule is O=C(N[C@@H](Cc1ccc(O)cc1)C(=O)NC(C(=O)O)[C@H]1[C@H](O)[C@]2(O)CO[C@@H]([C@@H]2O)N1O)OCC1c2ccccc2-c2ccccc21. The summed E-state index contributed by atoms with van der Waals surface area (Å²) in [5.41, 5.74) is 2.18. The molecule has 2 heterocycles. The number of carbonyl (C=O) groups excluding carboxylic acids is 2. The highest BCUT2D eigenvalue weighted by molar-refractivity contribution is 5.90. The molecule has 2 bridgehead atoms. The van der Waals surface area contributed by atoms with Crippen molar-refractivity contribution in [3.63, 3.8) is 0 Å². The Bertz CT molecular complexity index is 1590. The lowest BCUT2D eigenvalue weighted by Crippen LogP contribution is -2.74. The number of nitrogens with one attached hydrogen (secondary N) is 2. The van der Waals surface area contributed by atoms with Gasteiger partial charge >= 0.3 is 12.1 Å². The molecule has 3 aromatic rings. The number of phenolic OH excluding ortho intramolecular Hbond substituents is 1. The minimum Gasteiger partial charge on any atom is -0.508 e. The van der Waals surface area contributed by atoms with Crippen LogP contribution in [0.25, 0.3) is 11.1 Å². The number of alkyl carbamates (subject to hydrolysis) is 1. The van der Waals surface area contributed by atoms with Crippen LogP contribution in [0.15, 0.2) is 72.8 Å². The van der Waals surface area contributed by atoms with E-state index in [1.54, 1.807) is 0 Å². The van der Waals surface area contributed by atoms with Crippen LogP contribution in [0, 0.1) is 0 Å². The molecule has 2 fully saturated rings. The highest BCUT2D eigenvalue weighted by Crippen LogP contribution is 2.44. The molecule has 7 atom stereocenters. The number of hydrogen-bond acceptors (Lipinski definition) is 11. The number of fused-ring (bicyclic) bond motifs is 5. The van der Waals surface area contributed by atoms with Gasteiger partial charge in [0.1, 0.15) is 42.2 Å². The molecular formula is C32H33N3O11. The Kier molecular flexibility index (Phi) is 8.41. The number of phenols is 1. The number of hydroxylamine groups is 2. The Balaban J connectivity index is 1.20. The summed E-state index contributed by atoms with van der Waals surface area (Å²) < 4.78 is 10.7. The van der Waals surface area contributed by atoms with E-state index in [2.05, 4.69) is 10.6 Å². The van der Waals surface area contributed by atoms with E-state index in [1.165, 1.54) is 24.3 Å². The van der Waals surface area contributed by atoms with Crippen molar-refractivity contribution < 1.29 is 54.6 Å². The largest absolute Gasteiger partial charge is 0.508 e. The molecule has 3 aromatic carbocycles. The molecule has 2 saturated heterocycles. The molecular weight excluding hydrogens is 602 g/mol. The van der Waals surface area contributed by atoms with Crippen molar-refractivity contribution in [1.29, 1.82) is 0 Å². The normalized spacial score (nSPS) is 26.4. The second kappa shape index (κ2) is 12.3. The van der Waals surface area contributed by atoms with E-state index < -0.39 is 66.7 Å². The fourth-order valence-corrected chi connectivity index (χ4v) is 6.48. The third kappa shape index (κ3) is 5.55. The smallest absolute Gasteiger partial charge is 0.407 e. The molecule has 14 nitrogen and oxygen atoms in total. The molecule has 0 aromatic heterocycles. The van der Waals surface area contributed by atoms with Gasteiger partial charge in [-0.15, -0.1) is 0 Å². The Morgan fingerprint density at radius 3 is 2.15 bits per heavy atom. The highest BCUT2D eigenvalue weighted by Gasteiger charge is 2.65. The van der Waals surface area contributed by atoms with Gasteiger partial charge in [0.05, 0.1) is 12.6 Å². The minimum absolute atomic E-state index is 0.0357. The number of aromatic hydroxyl groups is 1. The predicted octanol–water partition coefficient (Wildman–Crippen LogP) is 0.294. The van der Waals surface area contributed by atoms with Crippen molar-refractivity contribution in [2.45, 2.75) is 54.5 Å². The lowest BCUT2D eigenvalue weighted by Gasteiger charge is -2.46. The maximum absolute atomic E-state index is 13.6. The van der Waals surface area contributed by atoms with Crippen LogP contribution >= 0.6 is 0 Å². The second-order valence-corrected chi connectivity index (χ2v) is 11.7. The maximum Gasteiger partial charge on any atom is 0.407 e. The molecule has 6 rings (SSSR count). The van der Waals surface area contributed by atoms with Crippen molar-refractivity contribution in [2.24, 2.45) is 0 Å². The lowest BCUT2D eigenvalue weighted by atomic mass is 9.81. The topological polar surface area (TPSA) is 218 Å². The quantitative estimate of drug-likeness (QED) is 0.159. The number of aliphatic hydroxyl groups is 3. The molecule has 0 radical (unpaired) electrons. The molecule has 46 heavy (non-hydrogen) atoms. The summed E-state index contributed by atoms with van der Waals surface area (Å²) in [6.45, 7) is -0.651. The summed E-state index contributed by atoms with van der Waals surface area (Å²) in [7, 11) is 0. The first-order valence-corrected chi connectivity index (χ1v) is 14.6. The first-order valence-electron chi connectivity index (χ1n) is 14.6. The van der Waals surface area contributed by atoms with Crippen LogP contribution in [0.4, 0.5) is 4.79 Å². The Labute approximate surface area is 262 Å². The summed E-state index contributed by atoms with van der Waals surface area (Å²) in [5.74, 6) is -2.99. The number of benzene rings is 3. The van der Waals surface area contributed by atoms with E-state index in [0.717, 1.165) is 22.3 Å². The molecule has 8 N–H and O–H groups in total. The fraction of sp³-hybridized carbons (Fsp3) is 0.344. The number of carbonyl (C=O) groups is 3. The Morgan fingerprint density at radius 1 is 0.935 bits per heavy atom. The van der Waals surface area contributed by atoms with Crippen molar-refractivity contribution in [3.05, 3.63) is 89.5 Å². The average molecular weight is 636 g/mol. The molecule has 14 heteroatoms. The molecule has 1 aliphatic carbocycles. The van der Waals surface area contributed by atoms with Crippen LogP contribution in [-0.2, 0) is 25.5 Å². The van der Waals surface area contributed by atoms with Crippen LogP contribution in [0.1, 0.15) is 22.6 Å². The summed E-state index contributed by atoms with van der Waals surface area (Å²) in [6.07, 6.45) is -6.50. The van der Waals surface area contributed by atoms with Crippen LogP contribution < -0.4 is 10.6 Å². The molecule has 3 aliphatic rings. The van der Waals surface area contributed by atoms with Gasteiger partial charge in [-0.25, -0.2) is 9.59 Å². The van der Waals surface area contributed by atoms with E-state index in [9.17, 15) is 45.1 Å². The number of amides is 2. The third-order valence-electron chi connectivity index (χ3n) is 8.90. The lowest BCUT2D eigenvalue weighted by molar-refractivity contribution is -0.298. The van der Waals surface area contributed by atoms with Gasteiger partial charge in [-0.1, -0.05) is 60.7 Å². The zero-order valence-corrected chi connectivity index (χ0v) is 24.3.